The Morgan fingerprint density at radius 2 is 2.50 bits per heavy atom. The third-order valence-electron chi connectivity index (χ3n) is 2.12. The van der Waals surface area contributed by atoms with Crippen molar-refractivity contribution in [3.8, 4) is 0 Å². The summed E-state index contributed by atoms with van der Waals surface area (Å²) in [6.45, 7) is 3.55. The summed E-state index contributed by atoms with van der Waals surface area (Å²) in [7, 11) is 0. The van der Waals surface area contributed by atoms with Gasteiger partial charge in [-0.15, -0.1) is 0 Å². The summed E-state index contributed by atoms with van der Waals surface area (Å²) >= 11 is 0. The Morgan fingerprint density at radius 3 is 3.08 bits per heavy atom. The number of hydrogen-bond acceptors (Lipinski definition) is 2. The molecule has 1 atom stereocenters. The molecule has 0 spiro atoms. The van der Waals surface area contributed by atoms with Crippen LogP contribution in [-0.2, 0) is 9.53 Å². The minimum absolute atomic E-state index is 0.337. The quantitative estimate of drug-likeness (QED) is 0.600. The third kappa shape index (κ3) is 3.18. The van der Waals surface area contributed by atoms with Crippen LogP contribution in [0.15, 0.2) is 12.2 Å². The first-order valence-electron chi connectivity index (χ1n) is 4.53. The summed E-state index contributed by atoms with van der Waals surface area (Å²) in [5.41, 5.74) is 0. The van der Waals surface area contributed by atoms with Crippen LogP contribution >= 0.6 is 0 Å². The molecule has 1 saturated heterocycles. The average molecular weight is 168 g/mol. The molecule has 0 aromatic rings. The van der Waals surface area contributed by atoms with Crippen LogP contribution in [0.2, 0.25) is 0 Å². The summed E-state index contributed by atoms with van der Waals surface area (Å²) < 4.78 is 5.19. The highest BCUT2D eigenvalue weighted by Gasteiger charge is 2.17. The molecule has 0 amide bonds. The third-order valence-corrected chi connectivity index (χ3v) is 2.12. The number of carbonyl (C=O) groups is 1. The highest BCUT2D eigenvalue weighted by molar-refractivity contribution is 5.80. The molecular formula is C10H16O2. The van der Waals surface area contributed by atoms with E-state index in [-0.39, 0.29) is 0 Å². The fourth-order valence-corrected chi connectivity index (χ4v) is 1.40. The van der Waals surface area contributed by atoms with Crippen molar-refractivity contribution in [3.05, 3.63) is 12.2 Å². The Morgan fingerprint density at radius 1 is 1.67 bits per heavy atom. The van der Waals surface area contributed by atoms with Crippen molar-refractivity contribution in [2.75, 3.05) is 13.2 Å². The monoisotopic (exact) mass is 168 g/mol. The van der Waals surface area contributed by atoms with Crippen LogP contribution in [0.3, 0.4) is 0 Å². The van der Waals surface area contributed by atoms with Crippen molar-refractivity contribution in [2.24, 2.45) is 5.92 Å². The van der Waals surface area contributed by atoms with Crippen molar-refractivity contribution < 1.29 is 9.53 Å². The predicted octanol–water partition coefficient (Wildman–Crippen LogP) is 1.95. The molecule has 2 nitrogen and oxygen atoms in total. The lowest BCUT2D eigenvalue weighted by molar-refractivity contribution is -0.119. The summed E-state index contributed by atoms with van der Waals surface area (Å²) in [6.07, 6.45) is 6.18. The molecule has 68 valence electrons. The molecular weight excluding hydrogens is 152 g/mol. The zero-order valence-corrected chi connectivity index (χ0v) is 7.58. The van der Waals surface area contributed by atoms with E-state index in [1.54, 1.807) is 0 Å². The first-order chi connectivity index (χ1) is 5.83. The molecule has 0 saturated carbocycles. The molecule has 0 aromatic heterocycles. The molecule has 0 unspecified atom stereocenters. The highest BCUT2D eigenvalue weighted by Crippen LogP contribution is 2.17. The number of Topliss-reactive ketones (excluding diaryl/α,β-unsaturated/α-hetero) is 1. The topological polar surface area (TPSA) is 26.3 Å². The van der Waals surface area contributed by atoms with Crippen molar-refractivity contribution in [3.63, 3.8) is 0 Å². The predicted molar refractivity (Wildman–Crippen MR) is 48.0 cm³/mol. The second-order valence-electron chi connectivity index (χ2n) is 3.25. The molecule has 0 aromatic carbocycles. The Bertz CT molecular complexity index is 167. The molecule has 1 aliphatic rings. The summed E-state index contributed by atoms with van der Waals surface area (Å²) in [5, 5.41) is 0. The number of ether oxygens (including phenoxy) is 1. The van der Waals surface area contributed by atoms with E-state index in [1.165, 1.54) is 0 Å². The van der Waals surface area contributed by atoms with Gasteiger partial charge in [-0.25, -0.2) is 0 Å². The zero-order valence-electron chi connectivity index (χ0n) is 7.58. The van der Waals surface area contributed by atoms with Gasteiger partial charge in [-0.3, -0.25) is 4.79 Å². The number of hydrogen-bond donors (Lipinski definition) is 0. The molecule has 0 bridgehead atoms. The van der Waals surface area contributed by atoms with E-state index in [9.17, 15) is 4.79 Å². The minimum atomic E-state index is 0.337. The fraction of sp³-hybridized carbons (Fsp3) is 0.700. The Labute approximate surface area is 73.6 Å². The molecule has 12 heavy (non-hydrogen) atoms. The van der Waals surface area contributed by atoms with Gasteiger partial charge >= 0.3 is 0 Å². The largest absolute Gasteiger partial charge is 0.381 e. The minimum Gasteiger partial charge on any atom is -0.381 e. The Kier molecular flexibility index (Phi) is 4.01. The van der Waals surface area contributed by atoms with Gasteiger partial charge in [-0.2, -0.15) is 0 Å². The van der Waals surface area contributed by atoms with Gasteiger partial charge in [0.2, 0.25) is 0 Å². The molecule has 0 radical (unpaired) electrons. The van der Waals surface area contributed by atoms with Gasteiger partial charge in [0, 0.05) is 26.1 Å². The van der Waals surface area contributed by atoms with Gasteiger partial charge in [-0.1, -0.05) is 12.2 Å². The summed E-state index contributed by atoms with van der Waals surface area (Å²) in [6, 6.07) is 0. The van der Waals surface area contributed by atoms with Gasteiger partial charge in [0.05, 0.1) is 0 Å². The molecule has 1 aliphatic heterocycles. The van der Waals surface area contributed by atoms with Crippen LogP contribution in [-0.4, -0.2) is 19.0 Å². The maximum atomic E-state index is 11.3. The highest BCUT2D eigenvalue weighted by atomic mass is 16.5. The number of allylic oxidation sites excluding steroid dienone is 2. The first kappa shape index (κ1) is 9.46. The second kappa shape index (κ2) is 5.09. The van der Waals surface area contributed by atoms with Gasteiger partial charge in [-0.05, 0) is 19.3 Å². The SMILES string of the molecule is C/C=C/CC(=O)C[C@@H]1CCOC1. The van der Waals surface area contributed by atoms with Crippen LogP contribution in [0.4, 0.5) is 0 Å². The number of carbonyl (C=O) groups excluding carboxylic acids is 1. The van der Waals surface area contributed by atoms with Crippen molar-refractivity contribution in [1.29, 1.82) is 0 Å². The maximum Gasteiger partial charge on any atom is 0.137 e. The summed E-state index contributed by atoms with van der Waals surface area (Å²) in [5.74, 6) is 0.825. The van der Waals surface area contributed by atoms with E-state index < -0.39 is 0 Å². The zero-order chi connectivity index (χ0) is 8.81. The van der Waals surface area contributed by atoms with Crippen LogP contribution in [0.5, 0.6) is 0 Å². The molecule has 0 N–H and O–H groups in total. The standard InChI is InChI=1S/C10H16O2/c1-2-3-4-10(11)7-9-5-6-12-8-9/h2-3,9H,4-8H2,1H3/b3-2+/t9-/m0/s1. The smallest absolute Gasteiger partial charge is 0.137 e. The van der Waals surface area contributed by atoms with Crippen LogP contribution in [0.1, 0.15) is 26.2 Å². The fourth-order valence-electron chi connectivity index (χ4n) is 1.40. The molecule has 0 aliphatic carbocycles. The lowest BCUT2D eigenvalue weighted by Gasteiger charge is -2.03. The molecule has 2 heteroatoms. The Hall–Kier alpha value is -0.630. The van der Waals surface area contributed by atoms with E-state index in [1.807, 2.05) is 19.1 Å². The first-order valence-corrected chi connectivity index (χ1v) is 4.53. The van der Waals surface area contributed by atoms with Crippen molar-refractivity contribution in [1.82, 2.24) is 0 Å². The van der Waals surface area contributed by atoms with Gasteiger partial charge in [0.1, 0.15) is 5.78 Å². The van der Waals surface area contributed by atoms with E-state index >= 15 is 0 Å². The Balaban J connectivity index is 2.16. The maximum absolute atomic E-state index is 11.3. The average Bonchev–Trinajstić information content (AvgIpc) is 2.53. The lowest BCUT2D eigenvalue weighted by atomic mass is 10.0. The second-order valence-corrected chi connectivity index (χ2v) is 3.25. The molecule has 1 heterocycles. The normalized spacial score (nSPS) is 23.6. The van der Waals surface area contributed by atoms with E-state index in [2.05, 4.69) is 0 Å². The van der Waals surface area contributed by atoms with Crippen molar-refractivity contribution in [2.45, 2.75) is 26.2 Å². The van der Waals surface area contributed by atoms with Gasteiger partial charge in [0.15, 0.2) is 0 Å². The lowest BCUT2D eigenvalue weighted by Crippen LogP contribution is -2.07. The molecule has 1 rings (SSSR count). The van der Waals surface area contributed by atoms with E-state index in [4.69, 9.17) is 4.74 Å². The van der Waals surface area contributed by atoms with Gasteiger partial charge < -0.3 is 4.74 Å². The molecule has 1 fully saturated rings. The van der Waals surface area contributed by atoms with Gasteiger partial charge in [0.25, 0.3) is 0 Å². The van der Waals surface area contributed by atoms with Crippen molar-refractivity contribution >= 4 is 5.78 Å². The number of rotatable bonds is 4. The van der Waals surface area contributed by atoms with Crippen LogP contribution < -0.4 is 0 Å². The van der Waals surface area contributed by atoms with E-state index in [0.717, 1.165) is 19.6 Å². The van der Waals surface area contributed by atoms with Crippen LogP contribution in [0, 0.1) is 5.92 Å². The summed E-state index contributed by atoms with van der Waals surface area (Å²) in [4.78, 5) is 11.3. The number of ketones is 1. The van der Waals surface area contributed by atoms with Crippen LogP contribution in [0.25, 0.3) is 0 Å². The van der Waals surface area contributed by atoms with E-state index in [0.29, 0.717) is 24.5 Å².